The number of aryl methyl sites for hydroxylation is 1. The number of benzene rings is 1. The molecule has 1 aliphatic rings. The number of cyclic esters (lactones) is 1. The highest BCUT2D eigenvalue weighted by Crippen LogP contribution is 2.21. The largest absolute Gasteiger partial charge is 0.443 e. The van der Waals surface area contributed by atoms with Crippen molar-refractivity contribution in [3.8, 4) is 0 Å². The third kappa shape index (κ3) is 4.45. The fraction of sp³-hybridized carbons (Fsp3) is 0.533. The Morgan fingerprint density at radius 2 is 2.00 bits per heavy atom. The van der Waals surface area contributed by atoms with Crippen molar-refractivity contribution in [3.05, 3.63) is 29.8 Å². The van der Waals surface area contributed by atoms with Gasteiger partial charge in [0.25, 0.3) is 0 Å². The van der Waals surface area contributed by atoms with Gasteiger partial charge < -0.3 is 4.74 Å². The van der Waals surface area contributed by atoms with Gasteiger partial charge in [-0.2, -0.15) is 0 Å². The van der Waals surface area contributed by atoms with Gasteiger partial charge in [0.2, 0.25) is 10.0 Å². The van der Waals surface area contributed by atoms with Crippen LogP contribution in [0.5, 0.6) is 0 Å². The number of hydrogen-bond acceptors (Lipinski definition) is 4. The van der Waals surface area contributed by atoms with Gasteiger partial charge in [-0.05, 0) is 25.5 Å². The highest BCUT2D eigenvalue weighted by Gasteiger charge is 2.32. The summed E-state index contributed by atoms with van der Waals surface area (Å²) in [5.41, 5.74) is 1.86. The number of unbranched alkanes of at least 4 members (excludes halogenated alkanes) is 1. The van der Waals surface area contributed by atoms with Crippen molar-refractivity contribution < 1.29 is 17.9 Å². The Labute approximate surface area is 131 Å². The summed E-state index contributed by atoms with van der Waals surface area (Å²) in [7, 11) is -3.30. The van der Waals surface area contributed by atoms with Crippen molar-refractivity contribution in [1.82, 2.24) is 4.72 Å². The summed E-state index contributed by atoms with van der Waals surface area (Å²) < 4.78 is 31.2. The summed E-state index contributed by atoms with van der Waals surface area (Å²) in [6, 6.07) is 7.54. The lowest BCUT2D eigenvalue weighted by atomic mass is 10.2. The van der Waals surface area contributed by atoms with Crippen molar-refractivity contribution >= 4 is 21.8 Å². The second-order valence-corrected chi connectivity index (χ2v) is 7.40. The van der Waals surface area contributed by atoms with Crippen LogP contribution < -0.4 is 9.62 Å². The predicted molar refractivity (Wildman–Crippen MR) is 85.5 cm³/mol. The number of carbonyl (C=O) groups excluding carboxylic acids is 1. The molecule has 0 bridgehead atoms. The quantitative estimate of drug-likeness (QED) is 0.832. The van der Waals surface area contributed by atoms with E-state index in [4.69, 9.17) is 4.74 Å². The van der Waals surface area contributed by atoms with E-state index in [1.54, 1.807) is 0 Å². The minimum absolute atomic E-state index is 0.103. The third-order valence-electron chi connectivity index (χ3n) is 3.52. The monoisotopic (exact) mass is 326 g/mol. The van der Waals surface area contributed by atoms with E-state index in [1.807, 2.05) is 38.1 Å². The first kappa shape index (κ1) is 16.8. The molecule has 1 saturated heterocycles. The van der Waals surface area contributed by atoms with Crippen LogP contribution in [0.15, 0.2) is 24.3 Å². The van der Waals surface area contributed by atoms with E-state index in [2.05, 4.69) is 4.72 Å². The van der Waals surface area contributed by atoms with Gasteiger partial charge in [-0.1, -0.05) is 31.0 Å². The molecule has 7 heteroatoms. The molecule has 1 unspecified atom stereocenters. The highest BCUT2D eigenvalue weighted by molar-refractivity contribution is 7.89. The Morgan fingerprint density at radius 3 is 2.64 bits per heavy atom. The third-order valence-corrected chi connectivity index (χ3v) is 4.95. The molecule has 122 valence electrons. The van der Waals surface area contributed by atoms with Crippen LogP contribution in [0.1, 0.15) is 25.3 Å². The number of hydrogen-bond donors (Lipinski definition) is 1. The molecule has 1 heterocycles. The van der Waals surface area contributed by atoms with Crippen molar-refractivity contribution in [2.24, 2.45) is 0 Å². The van der Waals surface area contributed by atoms with Gasteiger partial charge in [0, 0.05) is 12.2 Å². The average Bonchev–Trinajstić information content (AvgIpc) is 2.85. The molecule has 22 heavy (non-hydrogen) atoms. The Kier molecular flexibility index (Phi) is 5.42. The first-order valence-electron chi connectivity index (χ1n) is 7.43. The predicted octanol–water partition coefficient (Wildman–Crippen LogP) is 2.04. The maximum Gasteiger partial charge on any atom is 0.414 e. The summed E-state index contributed by atoms with van der Waals surface area (Å²) in [6.07, 6.45) is 0.530. The lowest BCUT2D eigenvalue weighted by Crippen LogP contribution is -2.35. The Bertz CT molecular complexity index is 613. The molecular weight excluding hydrogens is 304 g/mol. The molecule has 0 radical (unpaired) electrons. The lowest BCUT2D eigenvalue weighted by Gasteiger charge is -2.13. The molecule has 1 aromatic rings. The molecule has 1 aromatic carbocycles. The Hall–Kier alpha value is -1.60. The van der Waals surface area contributed by atoms with Crippen molar-refractivity contribution in [2.75, 3.05) is 23.7 Å². The Balaban J connectivity index is 1.91. The standard InChI is InChI=1S/C15H22N2O4S/c1-3-4-9-22(19,20)16-10-14-11-17(15(18)21-14)13-7-5-12(2)6-8-13/h5-8,14,16H,3-4,9-11H2,1-2H3. The number of sulfonamides is 1. The number of nitrogens with zero attached hydrogens (tertiary/aromatic N) is 1. The molecule has 1 fully saturated rings. The van der Waals surface area contributed by atoms with Crippen LogP contribution in [-0.4, -0.2) is 39.5 Å². The lowest BCUT2D eigenvalue weighted by molar-refractivity contribution is 0.143. The minimum Gasteiger partial charge on any atom is -0.443 e. The van der Waals surface area contributed by atoms with Gasteiger partial charge in [0.15, 0.2) is 0 Å². The zero-order chi connectivity index (χ0) is 16.2. The number of anilines is 1. The van der Waals surface area contributed by atoms with Crippen molar-refractivity contribution in [2.45, 2.75) is 32.8 Å². The van der Waals surface area contributed by atoms with E-state index < -0.39 is 22.2 Å². The number of ether oxygens (including phenoxy) is 1. The van der Waals surface area contributed by atoms with Crippen LogP contribution in [0.2, 0.25) is 0 Å². The summed E-state index contributed by atoms with van der Waals surface area (Å²) in [6.45, 7) is 4.37. The number of carbonyl (C=O) groups is 1. The number of nitrogens with one attached hydrogen (secondary N) is 1. The molecule has 6 nitrogen and oxygen atoms in total. The molecule has 0 aliphatic carbocycles. The maximum absolute atomic E-state index is 11.9. The SMILES string of the molecule is CCCCS(=O)(=O)NCC1CN(c2ccc(C)cc2)C(=O)O1. The molecule has 2 rings (SSSR count). The van der Waals surface area contributed by atoms with Crippen molar-refractivity contribution in [1.29, 1.82) is 0 Å². The first-order chi connectivity index (χ1) is 10.4. The fourth-order valence-corrected chi connectivity index (χ4v) is 3.44. The second-order valence-electron chi connectivity index (χ2n) is 5.47. The van der Waals surface area contributed by atoms with Gasteiger partial charge in [-0.3, -0.25) is 4.90 Å². The summed E-state index contributed by atoms with van der Waals surface area (Å²) in [4.78, 5) is 13.4. The van der Waals surface area contributed by atoms with E-state index in [1.165, 1.54) is 4.90 Å². The van der Waals surface area contributed by atoms with Gasteiger partial charge in [0.05, 0.1) is 12.3 Å². The zero-order valence-corrected chi connectivity index (χ0v) is 13.7. The van der Waals surface area contributed by atoms with Crippen LogP contribution in [0.25, 0.3) is 0 Å². The van der Waals surface area contributed by atoms with E-state index in [0.717, 1.165) is 17.7 Å². The van der Waals surface area contributed by atoms with Gasteiger partial charge >= 0.3 is 6.09 Å². The normalized spacial score (nSPS) is 18.5. The van der Waals surface area contributed by atoms with Gasteiger partial charge in [-0.25, -0.2) is 17.9 Å². The molecule has 0 spiro atoms. The molecule has 1 N–H and O–H groups in total. The number of rotatable bonds is 7. The molecule has 0 saturated carbocycles. The topological polar surface area (TPSA) is 75.7 Å². The molecular formula is C15H22N2O4S. The first-order valence-corrected chi connectivity index (χ1v) is 9.08. The zero-order valence-electron chi connectivity index (χ0n) is 12.9. The average molecular weight is 326 g/mol. The van der Waals surface area contributed by atoms with E-state index in [-0.39, 0.29) is 12.3 Å². The van der Waals surface area contributed by atoms with E-state index in [0.29, 0.717) is 13.0 Å². The van der Waals surface area contributed by atoms with Gasteiger partial charge in [-0.15, -0.1) is 0 Å². The molecule has 1 aliphatic heterocycles. The van der Waals surface area contributed by atoms with Crippen LogP contribution in [0.3, 0.4) is 0 Å². The van der Waals surface area contributed by atoms with Crippen LogP contribution in [0.4, 0.5) is 10.5 Å². The molecule has 1 amide bonds. The van der Waals surface area contributed by atoms with Crippen LogP contribution >= 0.6 is 0 Å². The van der Waals surface area contributed by atoms with Crippen LogP contribution in [-0.2, 0) is 14.8 Å². The van der Waals surface area contributed by atoms with Crippen LogP contribution in [0, 0.1) is 6.92 Å². The smallest absolute Gasteiger partial charge is 0.414 e. The van der Waals surface area contributed by atoms with Crippen molar-refractivity contribution in [3.63, 3.8) is 0 Å². The molecule has 1 atom stereocenters. The summed E-state index contributed by atoms with van der Waals surface area (Å²) >= 11 is 0. The second kappa shape index (κ2) is 7.11. The van der Waals surface area contributed by atoms with Gasteiger partial charge in [0.1, 0.15) is 6.10 Å². The highest BCUT2D eigenvalue weighted by atomic mass is 32.2. The molecule has 0 aromatic heterocycles. The fourth-order valence-electron chi connectivity index (χ4n) is 2.19. The minimum atomic E-state index is -3.30. The summed E-state index contributed by atoms with van der Waals surface area (Å²) in [5.74, 6) is 0.103. The van der Waals surface area contributed by atoms with E-state index in [9.17, 15) is 13.2 Å². The summed E-state index contributed by atoms with van der Waals surface area (Å²) in [5, 5.41) is 0. The maximum atomic E-state index is 11.9. The van der Waals surface area contributed by atoms with E-state index >= 15 is 0 Å². The number of amides is 1. The Morgan fingerprint density at radius 1 is 1.32 bits per heavy atom.